The number of carbonyl (C=O) groups is 1. The maximum absolute atomic E-state index is 12.7. The molecule has 0 fully saturated rings. The number of aryl methyl sites for hydroxylation is 4. The van der Waals surface area contributed by atoms with Crippen LogP contribution in [0, 0.1) is 0 Å². The molecule has 0 saturated heterocycles. The Labute approximate surface area is 207 Å². The molecule has 35 heavy (non-hydrogen) atoms. The molecule has 7 heteroatoms. The quantitative estimate of drug-likeness (QED) is 0.402. The van der Waals surface area contributed by atoms with Gasteiger partial charge in [0.2, 0.25) is 5.88 Å². The smallest absolute Gasteiger partial charge is 0.308 e. The summed E-state index contributed by atoms with van der Waals surface area (Å²) in [5, 5.41) is 4.81. The number of rotatable bonds is 9. The zero-order chi connectivity index (χ0) is 24.8. The van der Waals surface area contributed by atoms with Gasteiger partial charge in [-0.2, -0.15) is 5.10 Å². The lowest BCUT2D eigenvalue weighted by molar-refractivity contribution is -0.155. The Hall–Kier alpha value is -3.22. The van der Waals surface area contributed by atoms with Gasteiger partial charge in [0.1, 0.15) is 5.60 Å². The largest absolute Gasteiger partial charge is 0.481 e. The van der Waals surface area contributed by atoms with Crippen molar-refractivity contribution in [1.82, 2.24) is 19.7 Å². The minimum atomic E-state index is -0.542. The van der Waals surface area contributed by atoms with Crippen LogP contribution < -0.4 is 4.74 Å². The standard InChI is InChI=1S/C28H36N4O3/c1-28(2,3)35-27(33)18-25(21-13-15-26(34-4)29-19-21)32-17-16-23(31-32)10-7-9-22-14-12-20-8-5-6-11-24(20)30-22/h12-17,19,25H,5-11,18H2,1-4H3. The zero-order valence-corrected chi connectivity index (χ0v) is 21.3. The van der Waals surface area contributed by atoms with E-state index in [2.05, 4.69) is 17.1 Å². The summed E-state index contributed by atoms with van der Waals surface area (Å²) in [5.41, 5.74) is 5.21. The van der Waals surface area contributed by atoms with Gasteiger partial charge in [-0.05, 0) is 95.0 Å². The summed E-state index contributed by atoms with van der Waals surface area (Å²) < 4.78 is 12.6. The summed E-state index contributed by atoms with van der Waals surface area (Å²) >= 11 is 0. The second-order valence-electron chi connectivity index (χ2n) is 10.2. The highest BCUT2D eigenvalue weighted by atomic mass is 16.6. The third-order valence-electron chi connectivity index (χ3n) is 6.22. The molecule has 0 saturated carbocycles. The predicted octanol–water partition coefficient (Wildman–Crippen LogP) is 5.06. The summed E-state index contributed by atoms with van der Waals surface area (Å²) in [6.45, 7) is 5.62. The van der Waals surface area contributed by atoms with Gasteiger partial charge in [-0.25, -0.2) is 4.98 Å². The number of nitrogens with zero attached hydrogens (tertiary/aromatic N) is 4. The van der Waals surface area contributed by atoms with Crippen molar-refractivity contribution in [2.24, 2.45) is 0 Å². The SMILES string of the molecule is COc1ccc(C(CC(=O)OC(C)(C)C)n2ccc(CCCc3ccc4c(n3)CCCC4)n2)cn1. The monoisotopic (exact) mass is 476 g/mol. The highest BCUT2D eigenvalue weighted by Gasteiger charge is 2.24. The Morgan fingerprint density at radius 2 is 1.86 bits per heavy atom. The van der Waals surface area contributed by atoms with Crippen LogP contribution in [0.15, 0.2) is 42.7 Å². The van der Waals surface area contributed by atoms with Crippen molar-refractivity contribution in [2.75, 3.05) is 7.11 Å². The number of methoxy groups -OCH3 is 1. The maximum Gasteiger partial charge on any atom is 0.308 e. The Morgan fingerprint density at radius 1 is 1.06 bits per heavy atom. The molecular formula is C28H36N4O3. The summed E-state index contributed by atoms with van der Waals surface area (Å²) in [4.78, 5) is 21.9. The fourth-order valence-electron chi connectivity index (χ4n) is 4.52. The molecule has 1 unspecified atom stereocenters. The normalized spacial score (nSPS) is 14.3. The van der Waals surface area contributed by atoms with E-state index in [0.717, 1.165) is 49.1 Å². The second-order valence-corrected chi connectivity index (χ2v) is 10.2. The van der Waals surface area contributed by atoms with Crippen LogP contribution in [0.5, 0.6) is 5.88 Å². The fraction of sp³-hybridized carbons (Fsp3) is 0.500. The van der Waals surface area contributed by atoms with E-state index in [0.29, 0.717) is 5.88 Å². The van der Waals surface area contributed by atoms with E-state index in [1.54, 1.807) is 19.4 Å². The highest BCUT2D eigenvalue weighted by molar-refractivity contribution is 5.71. The van der Waals surface area contributed by atoms with E-state index in [9.17, 15) is 4.79 Å². The molecule has 3 aromatic heterocycles. The molecule has 0 radical (unpaired) electrons. The summed E-state index contributed by atoms with van der Waals surface area (Å²) in [5.74, 6) is 0.260. The van der Waals surface area contributed by atoms with Crippen molar-refractivity contribution >= 4 is 5.97 Å². The fourth-order valence-corrected chi connectivity index (χ4v) is 4.52. The van der Waals surface area contributed by atoms with Crippen LogP contribution in [-0.2, 0) is 35.2 Å². The Bertz CT molecular complexity index is 1130. The minimum Gasteiger partial charge on any atom is -0.481 e. The van der Waals surface area contributed by atoms with Gasteiger partial charge in [-0.3, -0.25) is 14.5 Å². The zero-order valence-electron chi connectivity index (χ0n) is 21.3. The third kappa shape index (κ3) is 6.90. The molecule has 7 nitrogen and oxygen atoms in total. The number of aromatic nitrogens is 4. The molecule has 3 aromatic rings. The van der Waals surface area contributed by atoms with Crippen LogP contribution in [0.25, 0.3) is 0 Å². The molecule has 4 rings (SSSR count). The average molecular weight is 477 g/mol. The van der Waals surface area contributed by atoms with Crippen molar-refractivity contribution < 1.29 is 14.3 Å². The maximum atomic E-state index is 12.7. The van der Waals surface area contributed by atoms with Gasteiger partial charge in [-0.1, -0.05) is 6.07 Å². The van der Waals surface area contributed by atoms with Crippen LogP contribution in [0.2, 0.25) is 0 Å². The molecule has 186 valence electrons. The van der Waals surface area contributed by atoms with Crippen LogP contribution >= 0.6 is 0 Å². The van der Waals surface area contributed by atoms with Gasteiger partial charge in [0.25, 0.3) is 0 Å². The number of ether oxygens (including phenoxy) is 2. The van der Waals surface area contributed by atoms with Crippen LogP contribution in [-0.4, -0.2) is 38.4 Å². The lowest BCUT2D eigenvalue weighted by atomic mass is 9.95. The Balaban J connectivity index is 1.43. The first kappa shape index (κ1) is 24.9. The van der Waals surface area contributed by atoms with Crippen molar-refractivity contribution in [3.05, 3.63) is 70.9 Å². The molecule has 0 aromatic carbocycles. The van der Waals surface area contributed by atoms with E-state index in [-0.39, 0.29) is 18.4 Å². The van der Waals surface area contributed by atoms with Crippen molar-refractivity contribution in [1.29, 1.82) is 0 Å². The molecule has 1 aliphatic carbocycles. The molecular weight excluding hydrogens is 440 g/mol. The van der Waals surface area contributed by atoms with E-state index < -0.39 is 5.60 Å². The second kappa shape index (κ2) is 11.0. The number of carbonyl (C=O) groups excluding carboxylic acids is 1. The van der Waals surface area contributed by atoms with E-state index in [1.165, 1.54) is 24.1 Å². The summed E-state index contributed by atoms with van der Waals surface area (Å²) in [7, 11) is 1.58. The van der Waals surface area contributed by atoms with Gasteiger partial charge in [0.05, 0.1) is 25.3 Å². The van der Waals surface area contributed by atoms with E-state index in [4.69, 9.17) is 19.6 Å². The van der Waals surface area contributed by atoms with Gasteiger partial charge in [-0.15, -0.1) is 0 Å². The molecule has 0 aliphatic heterocycles. The van der Waals surface area contributed by atoms with Crippen molar-refractivity contribution in [2.45, 2.75) is 83.8 Å². The van der Waals surface area contributed by atoms with Crippen molar-refractivity contribution in [3.8, 4) is 5.88 Å². The Morgan fingerprint density at radius 3 is 2.60 bits per heavy atom. The first-order chi connectivity index (χ1) is 16.8. The molecule has 3 heterocycles. The van der Waals surface area contributed by atoms with E-state index in [1.807, 2.05) is 43.8 Å². The minimum absolute atomic E-state index is 0.172. The predicted molar refractivity (Wildman–Crippen MR) is 135 cm³/mol. The van der Waals surface area contributed by atoms with Gasteiger partial charge in [0, 0.05) is 29.8 Å². The first-order valence-corrected chi connectivity index (χ1v) is 12.5. The number of pyridine rings is 2. The van der Waals surface area contributed by atoms with Crippen LogP contribution in [0.4, 0.5) is 0 Å². The summed E-state index contributed by atoms with van der Waals surface area (Å²) in [6, 6.07) is 9.88. The number of hydrogen-bond donors (Lipinski definition) is 0. The number of fused-ring (bicyclic) bond motifs is 1. The van der Waals surface area contributed by atoms with E-state index >= 15 is 0 Å². The number of esters is 1. The van der Waals surface area contributed by atoms with Gasteiger partial charge in [0.15, 0.2) is 0 Å². The Kier molecular flexibility index (Phi) is 7.83. The van der Waals surface area contributed by atoms with Crippen LogP contribution in [0.3, 0.4) is 0 Å². The number of hydrogen-bond acceptors (Lipinski definition) is 6. The average Bonchev–Trinajstić information content (AvgIpc) is 3.30. The van der Waals surface area contributed by atoms with Crippen LogP contribution in [0.1, 0.15) is 80.7 Å². The molecule has 0 spiro atoms. The topological polar surface area (TPSA) is 79.1 Å². The van der Waals surface area contributed by atoms with Gasteiger partial charge >= 0.3 is 5.97 Å². The van der Waals surface area contributed by atoms with Gasteiger partial charge < -0.3 is 9.47 Å². The lowest BCUT2D eigenvalue weighted by Crippen LogP contribution is -2.26. The molecule has 0 amide bonds. The van der Waals surface area contributed by atoms with Crippen molar-refractivity contribution in [3.63, 3.8) is 0 Å². The third-order valence-corrected chi connectivity index (χ3v) is 6.22. The highest BCUT2D eigenvalue weighted by Crippen LogP contribution is 2.25. The molecule has 0 N–H and O–H groups in total. The molecule has 1 aliphatic rings. The lowest BCUT2D eigenvalue weighted by Gasteiger charge is -2.23. The first-order valence-electron chi connectivity index (χ1n) is 12.5. The molecule has 1 atom stereocenters. The summed E-state index contributed by atoms with van der Waals surface area (Å²) in [6.07, 6.45) is 11.4. The molecule has 0 bridgehead atoms.